The minimum absolute atomic E-state index is 0.426. The van der Waals surface area contributed by atoms with Gasteiger partial charge in [0.2, 0.25) is 11.8 Å². The molecule has 0 saturated heterocycles. The Morgan fingerprint density at radius 2 is 1.71 bits per heavy atom. The molecule has 1 aromatic rings. The summed E-state index contributed by atoms with van der Waals surface area (Å²) in [5.41, 5.74) is 0.493. The van der Waals surface area contributed by atoms with E-state index in [0.29, 0.717) is 30.5 Å². The van der Waals surface area contributed by atoms with Gasteiger partial charge in [0.15, 0.2) is 0 Å². The van der Waals surface area contributed by atoms with Crippen LogP contribution in [0.15, 0.2) is 12.1 Å². The molecule has 0 saturated carbocycles. The van der Waals surface area contributed by atoms with Gasteiger partial charge in [0.1, 0.15) is 0 Å². The fourth-order valence-corrected chi connectivity index (χ4v) is 0.989. The first-order valence-electron chi connectivity index (χ1n) is 4.48. The summed E-state index contributed by atoms with van der Waals surface area (Å²) >= 11 is 0. The number of ether oxygens (including phenoxy) is 2. The van der Waals surface area contributed by atoms with Gasteiger partial charge in [-0.2, -0.15) is 10.2 Å². The monoisotopic (exact) mass is 192 g/mol. The molecule has 14 heavy (non-hydrogen) atoms. The second-order valence-corrected chi connectivity index (χ2v) is 2.51. The summed E-state index contributed by atoms with van der Waals surface area (Å²) in [5, 5.41) is 8.73. The first-order chi connectivity index (χ1) is 6.80. The molecule has 0 unspecified atom stereocenters. The minimum Gasteiger partial charge on any atom is -0.478 e. The molecule has 0 aliphatic rings. The van der Waals surface area contributed by atoms with E-state index < -0.39 is 0 Å². The van der Waals surface area contributed by atoms with Crippen molar-refractivity contribution in [2.45, 2.75) is 13.8 Å². The van der Waals surface area contributed by atoms with Gasteiger partial charge in [-0.3, -0.25) is 0 Å². The van der Waals surface area contributed by atoms with Crippen LogP contribution in [0.3, 0.4) is 0 Å². The highest BCUT2D eigenvalue weighted by atomic mass is 16.5. The molecule has 0 aliphatic carbocycles. The summed E-state index contributed by atoms with van der Waals surface area (Å²) in [6.07, 6.45) is 0. The van der Waals surface area contributed by atoms with Gasteiger partial charge in [-0.05, 0) is 13.8 Å². The molecule has 0 N–H and O–H groups in total. The van der Waals surface area contributed by atoms with Crippen molar-refractivity contribution in [2.75, 3.05) is 13.2 Å². The summed E-state index contributed by atoms with van der Waals surface area (Å²) in [4.78, 5) is 4.07. The lowest BCUT2D eigenvalue weighted by atomic mass is 10.3. The topological polar surface area (TPSA) is 55.1 Å². The van der Waals surface area contributed by atoms with Crippen LogP contribution in [-0.4, -0.2) is 18.2 Å². The quantitative estimate of drug-likeness (QED) is 0.729. The van der Waals surface area contributed by atoms with E-state index >= 15 is 0 Å². The third kappa shape index (κ3) is 2.63. The lowest BCUT2D eigenvalue weighted by Crippen LogP contribution is -1.99. The lowest BCUT2D eigenvalue weighted by molar-refractivity contribution is 0.299. The Morgan fingerprint density at radius 3 is 2.07 bits per heavy atom. The van der Waals surface area contributed by atoms with Crippen molar-refractivity contribution in [1.82, 2.24) is 4.98 Å². The number of nitrogens with zero attached hydrogens (tertiary/aromatic N) is 2. The van der Waals surface area contributed by atoms with Crippen LogP contribution >= 0.6 is 0 Å². The van der Waals surface area contributed by atoms with E-state index in [9.17, 15) is 0 Å². The van der Waals surface area contributed by atoms with Crippen LogP contribution in [0.4, 0.5) is 0 Å². The molecule has 0 aliphatic heterocycles. The van der Waals surface area contributed by atoms with Gasteiger partial charge in [0.25, 0.3) is 0 Å². The first kappa shape index (κ1) is 10.3. The zero-order valence-corrected chi connectivity index (χ0v) is 8.28. The Hall–Kier alpha value is -1.76. The van der Waals surface area contributed by atoms with Gasteiger partial charge in [0, 0.05) is 12.1 Å². The fourth-order valence-electron chi connectivity index (χ4n) is 0.989. The maximum atomic E-state index is 8.73. The van der Waals surface area contributed by atoms with Crippen LogP contribution in [0, 0.1) is 11.3 Å². The Bertz CT molecular complexity index is 320. The maximum Gasteiger partial charge on any atom is 0.217 e. The van der Waals surface area contributed by atoms with Gasteiger partial charge in [-0.25, -0.2) is 0 Å². The van der Waals surface area contributed by atoms with E-state index in [1.807, 2.05) is 19.9 Å². The molecule has 0 fully saturated rings. The van der Waals surface area contributed by atoms with Crippen LogP contribution < -0.4 is 9.47 Å². The zero-order chi connectivity index (χ0) is 10.4. The fraction of sp³-hybridized carbons (Fsp3) is 0.400. The SMILES string of the molecule is CCOc1cc(C#N)cc(OCC)n1. The van der Waals surface area contributed by atoms with Crippen molar-refractivity contribution in [1.29, 1.82) is 5.26 Å². The second kappa shape index (κ2) is 5.07. The number of pyridine rings is 1. The molecule has 1 rings (SSSR count). The Kier molecular flexibility index (Phi) is 3.74. The van der Waals surface area contributed by atoms with Crippen molar-refractivity contribution in [3.63, 3.8) is 0 Å². The van der Waals surface area contributed by atoms with Crippen LogP contribution in [0.5, 0.6) is 11.8 Å². The third-order valence-electron chi connectivity index (χ3n) is 1.49. The predicted octanol–water partition coefficient (Wildman–Crippen LogP) is 1.75. The minimum atomic E-state index is 0.426. The van der Waals surface area contributed by atoms with Crippen molar-refractivity contribution >= 4 is 0 Å². The highest BCUT2D eigenvalue weighted by Crippen LogP contribution is 2.17. The zero-order valence-electron chi connectivity index (χ0n) is 8.28. The Labute approximate surface area is 83.1 Å². The summed E-state index contributed by atoms with van der Waals surface area (Å²) in [7, 11) is 0. The van der Waals surface area contributed by atoms with E-state index in [4.69, 9.17) is 14.7 Å². The number of nitriles is 1. The lowest BCUT2D eigenvalue weighted by Gasteiger charge is -2.05. The molecule has 0 aromatic carbocycles. The standard InChI is InChI=1S/C10H12N2O2/c1-3-13-9-5-8(7-11)6-10(12-9)14-4-2/h5-6H,3-4H2,1-2H3. The van der Waals surface area contributed by atoms with E-state index in [1.54, 1.807) is 12.1 Å². The van der Waals surface area contributed by atoms with Crippen LogP contribution in [0.25, 0.3) is 0 Å². The largest absolute Gasteiger partial charge is 0.478 e. The molecule has 0 atom stereocenters. The molecule has 74 valence electrons. The van der Waals surface area contributed by atoms with Gasteiger partial charge < -0.3 is 9.47 Å². The van der Waals surface area contributed by atoms with E-state index in [1.165, 1.54) is 0 Å². The molecule has 1 heterocycles. The maximum absolute atomic E-state index is 8.73. The summed E-state index contributed by atoms with van der Waals surface area (Å²) in [6.45, 7) is 4.77. The third-order valence-corrected chi connectivity index (χ3v) is 1.49. The van der Waals surface area contributed by atoms with Crippen LogP contribution in [0.2, 0.25) is 0 Å². The van der Waals surface area contributed by atoms with Crippen LogP contribution in [-0.2, 0) is 0 Å². The van der Waals surface area contributed by atoms with E-state index in [2.05, 4.69) is 4.98 Å². The summed E-state index contributed by atoms with van der Waals surface area (Å²) in [5.74, 6) is 0.852. The Morgan fingerprint density at radius 1 is 1.21 bits per heavy atom. The van der Waals surface area contributed by atoms with Gasteiger partial charge >= 0.3 is 0 Å². The molecular weight excluding hydrogens is 180 g/mol. The average molecular weight is 192 g/mol. The van der Waals surface area contributed by atoms with Crippen molar-refractivity contribution in [3.8, 4) is 17.8 Å². The molecule has 0 spiro atoms. The predicted molar refractivity (Wildman–Crippen MR) is 51.3 cm³/mol. The number of rotatable bonds is 4. The van der Waals surface area contributed by atoms with Gasteiger partial charge in [-0.15, -0.1) is 0 Å². The summed E-state index contributed by atoms with van der Waals surface area (Å²) < 4.78 is 10.4. The second-order valence-electron chi connectivity index (χ2n) is 2.51. The molecule has 0 bridgehead atoms. The average Bonchev–Trinajstić information content (AvgIpc) is 2.18. The van der Waals surface area contributed by atoms with Crippen molar-refractivity contribution in [2.24, 2.45) is 0 Å². The van der Waals surface area contributed by atoms with E-state index in [-0.39, 0.29) is 0 Å². The van der Waals surface area contributed by atoms with Gasteiger partial charge in [-0.1, -0.05) is 0 Å². The molecule has 4 heteroatoms. The van der Waals surface area contributed by atoms with Gasteiger partial charge in [0.05, 0.1) is 24.8 Å². The molecular formula is C10H12N2O2. The molecule has 0 radical (unpaired) electrons. The van der Waals surface area contributed by atoms with Crippen molar-refractivity contribution in [3.05, 3.63) is 17.7 Å². The van der Waals surface area contributed by atoms with E-state index in [0.717, 1.165) is 0 Å². The smallest absolute Gasteiger partial charge is 0.217 e. The highest BCUT2D eigenvalue weighted by Gasteiger charge is 2.03. The molecule has 0 amide bonds. The first-order valence-corrected chi connectivity index (χ1v) is 4.48. The Balaban J connectivity index is 2.95. The number of hydrogen-bond donors (Lipinski definition) is 0. The molecule has 1 aromatic heterocycles. The normalized spacial score (nSPS) is 9.21. The van der Waals surface area contributed by atoms with Crippen LogP contribution in [0.1, 0.15) is 19.4 Å². The highest BCUT2D eigenvalue weighted by molar-refractivity contribution is 5.36. The molecule has 4 nitrogen and oxygen atoms in total. The number of aromatic nitrogens is 1. The number of hydrogen-bond acceptors (Lipinski definition) is 4. The summed E-state index contributed by atoms with van der Waals surface area (Å²) in [6, 6.07) is 5.20. The van der Waals surface area contributed by atoms with Crippen molar-refractivity contribution < 1.29 is 9.47 Å².